The zero-order chi connectivity index (χ0) is 22.0. The Hall–Kier alpha value is -3.35. The maximum absolute atomic E-state index is 13.5. The molecule has 1 N–H and O–H groups in total. The first-order valence-electron chi connectivity index (χ1n) is 10.8. The van der Waals surface area contributed by atoms with Gasteiger partial charge in [0.25, 0.3) is 5.56 Å². The van der Waals surface area contributed by atoms with Crippen molar-refractivity contribution in [1.29, 1.82) is 0 Å². The van der Waals surface area contributed by atoms with E-state index < -0.39 is 0 Å². The lowest BCUT2D eigenvalue weighted by Gasteiger charge is -2.35. The average Bonchev–Trinajstić information content (AvgIpc) is 2.76. The average molecular weight is 420 g/mol. The Balaban J connectivity index is 1.63. The van der Waals surface area contributed by atoms with Crippen LogP contribution in [0.1, 0.15) is 25.0 Å². The monoisotopic (exact) mass is 419 g/mol. The van der Waals surface area contributed by atoms with Gasteiger partial charge in [-0.25, -0.2) is 9.78 Å². The molecule has 1 aromatic heterocycles. The fraction of sp³-hybridized carbons (Fsp3) is 0.375. The molecule has 1 fully saturated rings. The Morgan fingerprint density at radius 2 is 1.71 bits per heavy atom. The molecule has 2 aromatic carbocycles. The van der Waals surface area contributed by atoms with Gasteiger partial charge in [-0.1, -0.05) is 42.0 Å². The summed E-state index contributed by atoms with van der Waals surface area (Å²) in [6.45, 7) is 8.72. The van der Waals surface area contributed by atoms with Crippen LogP contribution in [-0.2, 0) is 6.54 Å². The maximum Gasteiger partial charge on any atom is 0.317 e. The number of para-hydroxylation sites is 2. The molecule has 0 aliphatic carbocycles. The number of aryl methyl sites for hydroxylation is 1. The number of urea groups is 1. The Morgan fingerprint density at radius 3 is 2.39 bits per heavy atom. The van der Waals surface area contributed by atoms with E-state index in [0.717, 1.165) is 16.6 Å². The summed E-state index contributed by atoms with van der Waals surface area (Å²) in [4.78, 5) is 34.3. The van der Waals surface area contributed by atoms with Crippen molar-refractivity contribution >= 4 is 22.9 Å². The first kappa shape index (κ1) is 20.9. The van der Waals surface area contributed by atoms with E-state index in [-0.39, 0.29) is 17.6 Å². The number of carbonyl (C=O) groups excluding carboxylic acids is 1. The first-order chi connectivity index (χ1) is 14.9. The molecule has 4 rings (SSSR count). The van der Waals surface area contributed by atoms with Crippen LogP contribution in [0.25, 0.3) is 11.0 Å². The predicted octanol–water partition coefficient (Wildman–Crippen LogP) is 2.99. The third-order valence-electron chi connectivity index (χ3n) is 5.58. The number of rotatable bonds is 4. The molecule has 0 atom stereocenters. The SMILES string of the molecule is Cc1ccc(Cn2c(=O)c(N3CCN(C(=O)NC(C)C)CC3)nc3ccccc32)cc1. The zero-order valence-electron chi connectivity index (χ0n) is 18.3. The molecular formula is C24H29N5O2. The number of carbonyl (C=O) groups is 1. The molecule has 0 spiro atoms. The van der Waals surface area contributed by atoms with Gasteiger partial charge in [0.15, 0.2) is 5.82 Å². The van der Waals surface area contributed by atoms with E-state index in [4.69, 9.17) is 4.98 Å². The van der Waals surface area contributed by atoms with Crippen LogP contribution in [0.15, 0.2) is 53.3 Å². The molecular weight excluding hydrogens is 390 g/mol. The van der Waals surface area contributed by atoms with Crippen LogP contribution in [0.3, 0.4) is 0 Å². The Bertz CT molecular complexity index is 1130. The number of benzene rings is 2. The number of nitrogens with zero attached hydrogens (tertiary/aromatic N) is 4. The van der Waals surface area contributed by atoms with Crippen LogP contribution in [0.5, 0.6) is 0 Å². The molecule has 1 saturated heterocycles. The van der Waals surface area contributed by atoms with Crippen molar-refractivity contribution in [3.63, 3.8) is 0 Å². The third-order valence-corrected chi connectivity index (χ3v) is 5.58. The second-order valence-electron chi connectivity index (χ2n) is 8.38. The fourth-order valence-corrected chi connectivity index (χ4v) is 3.88. The quantitative estimate of drug-likeness (QED) is 0.706. The number of fused-ring (bicyclic) bond motifs is 1. The predicted molar refractivity (Wildman–Crippen MR) is 124 cm³/mol. The van der Waals surface area contributed by atoms with Crippen molar-refractivity contribution in [3.05, 3.63) is 70.0 Å². The van der Waals surface area contributed by atoms with Gasteiger partial charge in [-0.15, -0.1) is 0 Å². The number of aromatic nitrogens is 2. The summed E-state index contributed by atoms with van der Waals surface area (Å²) in [5, 5.41) is 2.93. The van der Waals surface area contributed by atoms with Crippen LogP contribution in [-0.4, -0.2) is 52.7 Å². The molecule has 7 nitrogen and oxygen atoms in total. The molecule has 0 saturated carbocycles. The fourth-order valence-electron chi connectivity index (χ4n) is 3.88. The highest BCUT2D eigenvalue weighted by atomic mass is 16.2. The van der Waals surface area contributed by atoms with E-state index in [0.29, 0.717) is 38.5 Å². The van der Waals surface area contributed by atoms with Crippen molar-refractivity contribution in [1.82, 2.24) is 19.8 Å². The number of hydrogen-bond donors (Lipinski definition) is 1. The van der Waals surface area contributed by atoms with E-state index in [1.165, 1.54) is 5.56 Å². The highest BCUT2D eigenvalue weighted by Crippen LogP contribution is 2.17. The minimum absolute atomic E-state index is 0.0575. The number of nitrogens with one attached hydrogen (secondary N) is 1. The van der Waals surface area contributed by atoms with Crippen molar-refractivity contribution in [3.8, 4) is 0 Å². The minimum atomic E-state index is -0.0978. The van der Waals surface area contributed by atoms with Crippen LogP contribution in [0, 0.1) is 6.92 Å². The summed E-state index contributed by atoms with van der Waals surface area (Å²) in [6, 6.07) is 16.0. The van der Waals surface area contributed by atoms with E-state index >= 15 is 0 Å². The highest BCUT2D eigenvalue weighted by Gasteiger charge is 2.25. The van der Waals surface area contributed by atoms with Crippen LogP contribution >= 0.6 is 0 Å². The molecule has 2 amide bonds. The van der Waals surface area contributed by atoms with Gasteiger partial charge in [0.1, 0.15) is 0 Å². The molecule has 0 radical (unpaired) electrons. The molecule has 7 heteroatoms. The largest absolute Gasteiger partial charge is 0.348 e. The molecule has 162 valence electrons. The first-order valence-corrected chi connectivity index (χ1v) is 10.8. The summed E-state index contributed by atoms with van der Waals surface area (Å²) in [5.74, 6) is 0.453. The Morgan fingerprint density at radius 1 is 1.03 bits per heavy atom. The van der Waals surface area contributed by atoms with Gasteiger partial charge in [0.05, 0.1) is 17.6 Å². The third kappa shape index (κ3) is 4.55. The Labute approximate surface area is 182 Å². The summed E-state index contributed by atoms with van der Waals surface area (Å²) in [5.41, 5.74) is 3.79. The van der Waals surface area contributed by atoms with Crippen molar-refractivity contribution in [2.45, 2.75) is 33.4 Å². The van der Waals surface area contributed by atoms with Gasteiger partial charge < -0.3 is 15.1 Å². The molecule has 0 bridgehead atoms. The van der Waals surface area contributed by atoms with E-state index in [2.05, 4.69) is 36.5 Å². The highest BCUT2D eigenvalue weighted by molar-refractivity contribution is 5.77. The lowest BCUT2D eigenvalue weighted by Crippen LogP contribution is -2.54. The van der Waals surface area contributed by atoms with Crippen LogP contribution < -0.4 is 15.8 Å². The normalized spacial score (nSPS) is 14.3. The minimum Gasteiger partial charge on any atom is -0.348 e. The molecule has 0 unspecified atom stereocenters. The van der Waals surface area contributed by atoms with Gasteiger partial charge in [0, 0.05) is 32.2 Å². The summed E-state index contributed by atoms with van der Waals surface area (Å²) < 4.78 is 1.81. The summed E-state index contributed by atoms with van der Waals surface area (Å²) in [6.07, 6.45) is 0. The standard InChI is InChI=1S/C24H29N5O2/c1-17(2)25-24(31)28-14-12-27(13-15-28)22-23(30)29(16-19-10-8-18(3)9-11-19)21-7-5-4-6-20(21)26-22/h4-11,17H,12-16H2,1-3H3,(H,25,31). The second kappa shape index (κ2) is 8.79. The van der Waals surface area contributed by atoms with E-state index in [1.54, 1.807) is 9.47 Å². The van der Waals surface area contributed by atoms with Gasteiger partial charge in [-0.05, 0) is 38.5 Å². The van der Waals surface area contributed by atoms with Crippen molar-refractivity contribution in [2.24, 2.45) is 0 Å². The van der Waals surface area contributed by atoms with Crippen LogP contribution in [0.2, 0.25) is 0 Å². The summed E-state index contributed by atoms with van der Waals surface area (Å²) in [7, 11) is 0. The summed E-state index contributed by atoms with van der Waals surface area (Å²) >= 11 is 0. The van der Waals surface area contributed by atoms with Gasteiger partial charge in [-0.3, -0.25) is 9.36 Å². The number of hydrogen-bond acceptors (Lipinski definition) is 4. The number of anilines is 1. The lowest BCUT2D eigenvalue weighted by atomic mass is 10.1. The van der Waals surface area contributed by atoms with Gasteiger partial charge in [0.2, 0.25) is 0 Å². The van der Waals surface area contributed by atoms with Crippen molar-refractivity contribution < 1.29 is 4.79 Å². The van der Waals surface area contributed by atoms with E-state index in [9.17, 15) is 9.59 Å². The topological polar surface area (TPSA) is 70.5 Å². The molecule has 1 aliphatic rings. The zero-order valence-corrected chi connectivity index (χ0v) is 18.3. The van der Waals surface area contributed by atoms with Crippen LogP contribution in [0.4, 0.5) is 10.6 Å². The molecule has 3 aromatic rings. The van der Waals surface area contributed by atoms with E-state index in [1.807, 2.05) is 43.0 Å². The maximum atomic E-state index is 13.5. The molecule has 2 heterocycles. The molecule has 31 heavy (non-hydrogen) atoms. The molecule has 1 aliphatic heterocycles. The number of piperazine rings is 1. The van der Waals surface area contributed by atoms with Gasteiger partial charge >= 0.3 is 6.03 Å². The lowest BCUT2D eigenvalue weighted by molar-refractivity contribution is 0.191. The van der Waals surface area contributed by atoms with Crippen molar-refractivity contribution in [2.75, 3.05) is 31.1 Å². The second-order valence-corrected chi connectivity index (χ2v) is 8.38. The Kier molecular flexibility index (Phi) is 5.93. The van der Waals surface area contributed by atoms with Gasteiger partial charge in [-0.2, -0.15) is 0 Å². The number of amides is 2. The smallest absolute Gasteiger partial charge is 0.317 e.